The van der Waals surface area contributed by atoms with Crippen LogP contribution in [0.3, 0.4) is 0 Å². The lowest BCUT2D eigenvalue weighted by Gasteiger charge is -2.18. The number of hydrogen-bond acceptors (Lipinski definition) is 2. The zero-order chi connectivity index (χ0) is 7.49. The van der Waals surface area contributed by atoms with Crippen molar-refractivity contribution in [3.05, 3.63) is 0 Å². The monoisotopic (exact) mass is 148 g/mol. The van der Waals surface area contributed by atoms with Crippen LogP contribution in [0.1, 0.15) is 27.7 Å². The minimum Gasteiger partial charge on any atom is -0.393 e. The molecule has 2 heteroatoms. The van der Waals surface area contributed by atoms with Gasteiger partial charge in [0.25, 0.3) is 0 Å². The largest absolute Gasteiger partial charge is 0.393 e. The van der Waals surface area contributed by atoms with Crippen LogP contribution >= 0.6 is 11.8 Å². The molecule has 0 aromatic carbocycles. The first-order valence-electron chi connectivity index (χ1n) is 3.24. The Hall–Kier alpha value is 0.310. The summed E-state index contributed by atoms with van der Waals surface area (Å²) in [5, 5.41) is 8.89. The van der Waals surface area contributed by atoms with Crippen LogP contribution < -0.4 is 0 Å². The van der Waals surface area contributed by atoms with Crippen molar-refractivity contribution in [3.8, 4) is 0 Å². The maximum absolute atomic E-state index is 8.89. The van der Waals surface area contributed by atoms with Gasteiger partial charge in [-0.2, -0.15) is 11.8 Å². The van der Waals surface area contributed by atoms with Gasteiger partial charge in [0.1, 0.15) is 0 Å². The summed E-state index contributed by atoms with van der Waals surface area (Å²) >= 11 is 1.79. The van der Waals surface area contributed by atoms with Gasteiger partial charge in [0.15, 0.2) is 0 Å². The molecule has 1 nitrogen and oxygen atoms in total. The van der Waals surface area contributed by atoms with E-state index in [9.17, 15) is 0 Å². The maximum atomic E-state index is 8.89. The van der Waals surface area contributed by atoms with E-state index in [1.807, 2.05) is 6.92 Å². The first-order valence-corrected chi connectivity index (χ1v) is 4.22. The van der Waals surface area contributed by atoms with Crippen molar-refractivity contribution >= 4 is 11.8 Å². The summed E-state index contributed by atoms with van der Waals surface area (Å²) in [5.41, 5.74) is 0. The average molecular weight is 148 g/mol. The molecule has 1 atom stereocenters. The molecule has 0 heterocycles. The molecule has 0 radical (unpaired) electrons. The van der Waals surface area contributed by atoms with Gasteiger partial charge >= 0.3 is 0 Å². The maximum Gasteiger partial charge on any atom is 0.0602 e. The highest BCUT2D eigenvalue weighted by molar-refractivity contribution is 8.00. The third-order valence-electron chi connectivity index (χ3n) is 0.758. The summed E-state index contributed by atoms with van der Waals surface area (Å²) in [5.74, 6) is 0.837. The fourth-order valence-corrected chi connectivity index (χ4v) is 1.11. The molecule has 0 spiro atoms. The molecule has 0 saturated carbocycles. The van der Waals surface area contributed by atoms with Gasteiger partial charge in [0.05, 0.1) is 6.10 Å². The molecule has 0 aliphatic heterocycles. The fraction of sp³-hybridized carbons (Fsp3) is 1.00. The summed E-state index contributed by atoms with van der Waals surface area (Å²) in [6.45, 7) is 8.28. The van der Waals surface area contributed by atoms with Crippen LogP contribution in [-0.2, 0) is 0 Å². The van der Waals surface area contributed by atoms with Crippen molar-refractivity contribution in [2.24, 2.45) is 0 Å². The molecular weight excluding hydrogens is 132 g/mol. The zero-order valence-corrected chi connectivity index (χ0v) is 7.46. The summed E-state index contributed by atoms with van der Waals surface area (Å²) in [6.07, 6.45) is -0.172. The van der Waals surface area contributed by atoms with Crippen LogP contribution in [0.2, 0.25) is 0 Å². The van der Waals surface area contributed by atoms with E-state index >= 15 is 0 Å². The quantitative estimate of drug-likeness (QED) is 0.645. The van der Waals surface area contributed by atoms with E-state index in [1.165, 1.54) is 0 Å². The Morgan fingerprint density at radius 2 is 1.89 bits per heavy atom. The molecule has 0 fully saturated rings. The van der Waals surface area contributed by atoms with Crippen LogP contribution in [0, 0.1) is 0 Å². The van der Waals surface area contributed by atoms with Crippen molar-refractivity contribution < 1.29 is 5.11 Å². The minimum absolute atomic E-state index is 0.172. The Labute approximate surface area is 61.8 Å². The minimum atomic E-state index is -0.172. The zero-order valence-electron chi connectivity index (χ0n) is 6.64. The lowest BCUT2D eigenvalue weighted by molar-refractivity contribution is 0.220. The van der Waals surface area contributed by atoms with Crippen molar-refractivity contribution in [1.29, 1.82) is 0 Å². The molecule has 0 aliphatic carbocycles. The molecule has 9 heavy (non-hydrogen) atoms. The van der Waals surface area contributed by atoms with E-state index in [2.05, 4.69) is 20.8 Å². The van der Waals surface area contributed by atoms with Crippen molar-refractivity contribution in [1.82, 2.24) is 0 Å². The van der Waals surface area contributed by atoms with Gasteiger partial charge in [-0.05, 0) is 6.92 Å². The SMILES string of the molecule is C[C@@H](O)CSC(C)(C)C. The second-order valence-corrected chi connectivity index (χ2v) is 5.12. The third-order valence-corrected chi connectivity index (χ3v) is 2.27. The molecule has 0 unspecified atom stereocenters. The molecule has 0 aromatic heterocycles. The molecule has 1 N–H and O–H groups in total. The highest BCUT2D eigenvalue weighted by atomic mass is 32.2. The van der Waals surface area contributed by atoms with E-state index in [4.69, 9.17) is 5.11 Å². The van der Waals surface area contributed by atoms with Crippen LogP contribution in [0.25, 0.3) is 0 Å². The van der Waals surface area contributed by atoms with E-state index in [0.29, 0.717) is 0 Å². The Morgan fingerprint density at radius 3 is 2.00 bits per heavy atom. The lowest BCUT2D eigenvalue weighted by Crippen LogP contribution is -2.13. The molecule has 0 rings (SSSR count). The van der Waals surface area contributed by atoms with Gasteiger partial charge in [-0.25, -0.2) is 0 Å². The van der Waals surface area contributed by atoms with Crippen LogP contribution in [-0.4, -0.2) is 21.7 Å². The number of rotatable bonds is 2. The summed E-state index contributed by atoms with van der Waals surface area (Å²) in [6, 6.07) is 0. The van der Waals surface area contributed by atoms with Gasteiger partial charge < -0.3 is 5.11 Å². The smallest absolute Gasteiger partial charge is 0.0602 e. The first-order chi connectivity index (χ1) is 3.92. The van der Waals surface area contributed by atoms with Gasteiger partial charge in [0, 0.05) is 10.5 Å². The highest BCUT2D eigenvalue weighted by Crippen LogP contribution is 2.23. The predicted molar refractivity (Wildman–Crippen MR) is 43.9 cm³/mol. The summed E-state index contributed by atoms with van der Waals surface area (Å²) in [7, 11) is 0. The lowest BCUT2D eigenvalue weighted by atomic mass is 10.3. The summed E-state index contributed by atoms with van der Waals surface area (Å²) < 4.78 is 0.289. The first kappa shape index (κ1) is 9.31. The number of hydrogen-bond donors (Lipinski definition) is 1. The fourth-order valence-electron chi connectivity index (χ4n) is 0.371. The molecule has 0 aromatic rings. The molecular formula is C7H16OS. The Bertz CT molecular complexity index is 73.5. The molecule has 0 amide bonds. The normalized spacial score (nSPS) is 15.7. The topological polar surface area (TPSA) is 20.2 Å². The molecule has 0 aliphatic rings. The van der Waals surface area contributed by atoms with Gasteiger partial charge in [-0.15, -0.1) is 0 Å². The number of thioether (sulfide) groups is 1. The van der Waals surface area contributed by atoms with Crippen molar-refractivity contribution in [3.63, 3.8) is 0 Å². The number of aliphatic hydroxyl groups is 1. The molecule has 0 bridgehead atoms. The van der Waals surface area contributed by atoms with E-state index in [-0.39, 0.29) is 10.9 Å². The molecule has 56 valence electrons. The van der Waals surface area contributed by atoms with Crippen molar-refractivity contribution in [2.75, 3.05) is 5.75 Å². The summed E-state index contributed by atoms with van der Waals surface area (Å²) in [4.78, 5) is 0. The Kier molecular flexibility index (Phi) is 3.59. The van der Waals surface area contributed by atoms with Crippen LogP contribution in [0.4, 0.5) is 0 Å². The second-order valence-electron chi connectivity index (χ2n) is 3.27. The standard InChI is InChI=1S/C7H16OS/c1-6(8)5-9-7(2,3)4/h6,8H,5H2,1-4H3/t6-/m1/s1. The third kappa shape index (κ3) is 8.31. The number of aliphatic hydroxyl groups excluding tert-OH is 1. The Morgan fingerprint density at radius 1 is 1.44 bits per heavy atom. The predicted octanol–water partition coefficient (Wildman–Crippen LogP) is 1.90. The van der Waals surface area contributed by atoms with Crippen molar-refractivity contribution in [2.45, 2.75) is 38.5 Å². The van der Waals surface area contributed by atoms with Gasteiger partial charge in [-0.3, -0.25) is 0 Å². The van der Waals surface area contributed by atoms with E-state index in [0.717, 1.165) is 5.75 Å². The van der Waals surface area contributed by atoms with Crippen LogP contribution in [0.15, 0.2) is 0 Å². The average Bonchev–Trinajstić information content (AvgIpc) is 1.59. The highest BCUT2D eigenvalue weighted by Gasteiger charge is 2.10. The van der Waals surface area contributed by atoms with Gasteiger partial charge in [-0.1, -0.05) is 20.8 Å². The van der Waals surface area contributed by atoms with E-state index in [1.54, 1.807) is 11.8 Å². The Balaban J connectivity index is 3.28. The van der Waals surface area contributed by atoms with E-state index < -0.39 is 0 Å². The van der Waals surface area contributed by atoms with Gasteiger partial charge in [0.2, 0.25) is 0 Å². The molecule has 0 saturated heterocycles. The van der Waals surface area contributed by atoms with Crippen LogP contribution in [0.5, 0.6) is 0 Å². The second kappa shape index (κ2) is 3.47.